The molecule has 0 radical (unpaired) electrons. The van der Waals surface area contributed by atoms with E-state index in [0.717, 1.165) is 42.3 Å². The molecule has 0 amide bonds. The largest absolute Gasteiger partial charge is 0.388 e. The number of aromatic nitrogens is 2. The van der Waals surface area contributed by atoms with Gasteiger partial charge in [0.2, 0.25) is 0 Å². The van der Waals surface area contributed by atoms with Gasteiger partial charge in [-0.2, -0.15) is 0 Å². The number of nitrogens with zero attached hydrogens (tertiary/aromatic N) is 2. The monoisotopic (exact) mass is 398 g/mol. The summed E-state index contributed by atoms with van der Waals surface area (Å²) >= 11 is 5.97. The number of pyridine rings is 1. The van der Waals surface area contributed by atoms with E-state index < -0.39 is 6.10 Å². The van der Waals surface area contributed by atoms with Gasteiger partial charge in [-0.15, -0.1) is 0 Å². The van der Waals surface area contributed by atoms with Gasteiger partial charge in [0.05, 0.1) is 29.2 Å². The van der Waals surface area contributed by atoms with Crippen molar-refractivity contribution >= 4 is 17.1 Å². The summed E-state index contributed by atoms with van der Waals surface area (Å²) in [5.74, 6) is 0.847. The predicted molar refractivity (Wildman–Crippen MR) is 108 cm³/mol. The van der Waals surface area contributed by atoms with E-state index in [0.29, 0.717) is 11.8 Å². The summed E-state index contributed by atoms with van der Waals surface area (Å²) < 4.78 is 15.5. The van der Waals surface area contributed by atoms with E-state index in [4.69, 9.17) is 11.6 Å². The topological polar surface area (TPSA) is 37.5 Å². The Morgan fingerprint density at radius 3 is 2.54 bits per heavy atom. The van der Waals surface area contributed by atoms with E-state index in [9.17, 15) is 9.50 Å². The number of imidazole rings is 1. The van der Waals surface area contributed by atoms with E-state index in [1.165, 1.54) is 24.5 Å². The first-order valence-electron chi connectivity index (χ1n) is 10.2. The van der Waals surface area contributed by atoms with E-state index in [-0.39, 0.29) is 16.8 Å². The summed E-state index contributed by atoms with van der Waals surface area (Å²) in [4.78, 5) is 4.29. The van der Waals surface area contributed by atoms with Crippen LogP contribution in [0.1, 0.15) is 73.2 Å². The molecule has 146 valence electrons. The maximum absolute atomic E-state index is 13.5. The standard InChI is InChI=1S/C23H24ClFN2O/c24-19-11-17(7-8-20(19)25)14-1-5-16(6-2-14)23(28)22-18(15-3-4-15)9-10-27-13-26-12-21(22)27/h7-16,23,28H,1-6H2/t14?,16?,23-/m0/s1. The normalized spacial score (nSPS) is 23.8. The summed E-state index contributed by atoms with van der Waals surface area (Å²) in [5, 5.41) is 11.5. The van der Waals surface area contributed by atoms with Crippen molar-refractivity contribution in [2.45, 2.75) is 56.5 Å². The van der Waals surface area contributed by atoms with Gasteiger partial charge in [0.15, 0.2) is 0 Å². The number of halogens is 2. The first-order chi connectivity index (χ1) is 13.6. The smallest absolute Gasteiger partial charge is 0.141 e. The third-order valence-corrected chi connectivity index (χ3v) is 6.90. The van der Waals surface area contributed by atoms with Crippen molar-refractivity contribution in [3.8, 4) is 0 Å². The minimum absolute atomic E-state index is 0.196. The molecule has 1 aromatic carbocycles. The zero-order valence-corrected chi connectivity index (χ0v) is 16.4. The van der Waals surface area contributed by atoms with Crippen molar-refractivity contribution in [3.63, 3.8) is 0 Å². The van der Waals surface area contributed by atoms with Crippen LogP contribution in [-0.4, -0.2) is 14.5 Å². The van der Waals surface area contributed by atoms with Gasteiger partial charge >= 0.3 is 0 Å². The third-order valence-electron chi connectivity index (χ3n) is 6.61. The Hall–Kier alpha value is -1.91. The molecule has 5 heteroatoms. The van der Waals surface area contributed by atoms with Crippen LogP contribution >= 0.6 is 11.6 Å². The third kappa shape index (κ3) is 3.23. The van der Waals surface area contributed by atoms with Crippen LogP contribution in [0.2, 0.25) is 5.02 Å². The fourth-order valence-electron chi connectivity index (χ4n) is 4.87. The molecule has 3 nitrogen and oxygen atoms in total. The fraction of sp³-hybridized carbons (Fsp3) is 0.435. The molecule has 0 aliphatic heterocycles. The molecule has 28 heavy (non-hydrogen) atoms. The Morgan fingerprint density at radius 1 is 1.07 bits per heavy atom. The van der Waals surface area contributed by atoms with Crippen molar-refractivity contribution in [3.05, 3.63) is 70.5 Å². The van der Waals surface area contributed by atoms with Gasteiger partial charge in [-0.1, -0.05) is 17.7 Å². The molecular formula is C23H24ClFN2O. The molecule has 2 aliphatic carbocycles. The number of fused-ring (bicyclic) bond motifs is 1. The van der Waals surface area contributed by atoms with E-state index in [1.54, 1.807) is 12.4 Å². The van der Waals surface area contributed by atoms with Crippen molar-refractivity contribution in [2.75, 3.05) is 0 Å². The highest BCUT2D eigenvalue weighted by molar-refractivity contribution is 6.30. The second kappa shape index (κ2) is 7.16. The lowest BCUT2D eigenvalue weighted by Gasteiger charge is -2.33. The van der Waals surface area contributed by atoms with Crippen LogP contribution in [-0.2, 0) is 0 Å². The molecule has 0 saturated heterocycles. The SMILES string of the molecule is O[C@H](c1c(C2CC2)ccn2cncc12)C1CCC(c2ccc(F)c(Cl)c2)CC1. The van der Waals surface area contributed by atoms with Crippen LogP contribution in [0.4, 0.5) is 4.39 Å². The molecule has 2 saturated carbocycles. The summed E-state index contributed by atoms with van der Waals surface area (Å²) in [7, 11) is 0. The van der Waals surface area contributed by atoms with Crippen molar-refractivity contribution in [2.24, 2.45) is 5.92 Å². The molecule has 0 spiro atoms. The first kappa shape index (κ1) is 18.1. The Morgan fingerprint density at radius 2 is 1.82 bits per heavy atom. The Labute approximate surface area is 169 Å². The number of hydrogen-bond acceptors (Lipinski definition) is 2. The lowest BCUT2D eigenvalue weighted by atomic mass is 9.75. The lowest BCUT2D eigenvalue weighted by molar-refractivity contribution is 0.0810. The second-order valence-electron chi connectivity index (χ2n) is 8.38. The highest BCUT2D eigenvalue weighted by Crippen LogP contribution is 2.48. The minimum atomic E-state index is -0.464. The van der Waals surface area contributed by atoms with Gasteiger partial charge in [0, 0.05) is 11.8 Å². The van der Waals surface area contributed by atoms with Gasteiger partial charge in [-0.3, -0.25) is 0 Å². The molecular weight excluding hydrogens is 375 g/mol. The Kier molecular flexibility index (Phi) is 4.64. The molecule has 2 fully saturated rings. The van der Waals surface area contributed by atoms with Crippen molar-refractivity contribution < 1.29 is 9.50 Å². The molecule has 5 rings (SSSR count). The predicted octanol–water partition coefficient (Wildman–Crippen LogP) is 6.01. The first-order valence-corrected chi connectivity index (χ1v) is 10.6. The number of benzene rings is 1. The average molecular weight is 399 g/mol. The Bertz CT molecular complexity index is 1010. The highest BCUT2D eigenvalue weighted by Gasteiger charge is 2.34. The van der Waals surface area contributed by atoms with E-state index >= 15 is 0 Å². The van der Waals surface area contributed by atoms with Crippen LogP contribution < -0.4 is 0 Å². The molecule has 0 bridgehead atoms. The fourth-order valence-corrected chi connectivity index (χ4v) is 5.06. The van der Waals surface area contributed by atoms with Crippen molar-refractivity contribution in [1.82, 2.24) is 9.38 Å². The maximum atomic E-state index is 13.5. The molecule has 0 unspecified atom stereocenters. The van der Waals surface area contributed by atoms with Crippen LogP contribution in [0.25, 0.3) is 5.52 Å². The van der Waals surface area contributed by atoms with Gasteiger partial charge < -0.3 is 9.51 Å². The summed E-state index contributed by atoms with van der Waals surface area (Å²) in [6.07, 6.45) is 11.6. The number of aliphatic hydroxyl groups is 1. The number of aliphatic hydroxyl groups excluding tert-OH is 1. The average Bonchev–Trinajstić information content (AvgIpc) is 3.45. The summed E-state index contributed by atoms with van der Waals surface area (Å²) in [6, 6.07) is 7.23. The quantitative estimate of drug-likeness (QED) is 0.584. The zero-order valence-electron chi connectivity index (χ0n) is 15.7. The zero-order chi connectivity index (χ0) is 19.3. The highest BCUT2D eigenvalue weighted by atomic mass is 35.5. The summed E-state index contributed by atoms with van der Waals surface area (Å²) in [6.45, 7) is 0. The van der Waals surface area contributed by atoms with Crippen LogP contribution in [0.3, 0.4) is 0 Å². The van der Waals surface area contributed by atoms with Gasteiger partial charge in [-0.25, -0.2) is 9.37 Å². The molecule has 2 aliphatic rings. The lowest BCUT2D eigenvalue weighted by Crippen LogP contribution is -2.21. The van der Waals surface area contributed by atoms with Gasteiger partial charge in [0.1, 0.15) is 5.82 Å². The van der Waals surface area contributed by atoms with E-state index in [2.05, 4.69) is 17.2 Å². The Balaban J connectivity index is 1.37. The maximum Gasteiger partial charge on any atom is 0.141 e. The van der Waals surface area contributed by atoms with Crippen LogP contribution in [0.15, 0.2) is 43.0 Å². The molecule has 1 N–H and O–H groups in total. The summed E-state index contributed by atoms with van der Waals surface area (Å²) in [5.41, 5.74) is 4.52. The molecule has 2 heterocycles. The van der Waals surface area contributed by atoms with E-state index in [1.807, 2.05) is 16.7 Å². The molecule has 2 aromatic heterocycles. The minimum Gasteiger partial charge on any atom is -0.388 e. The molecule has 1 atom stereocenters. The van der Waals surface area contributed by atoms with Crippen molar-refractivity contribution in [1.29, 1.82) is 0 Å². The second-order valence-corrected chi connectivity index (χ2v) is 8.78. The molecule has 3 aromatic rings. The van der Waals surface area contributed by atoms with Gasteiger partial charge in [0.25, 0.3) is 0 Å². The van der Waals surface area contributed by atoms with Crippen LogP contribution in [0.5, 0.6) is 0 Å². The van der Waals surface area contributed by atoms with Crippen LogP contribution in [0, 0.1) is 11.7 Å². The number of rotatable bonds is 4. The number of hydrogen-bond donors (Lipinski definition) is 1. The van der Waals surface area contributed by atoms with Gasteiger partial charge in [-0.05, 0) is 85.6 Å².